The monoisotopic (exact) mass is 374 g/mol. The van der Waals surface area contributed by atoms with Crippen molar-refractivity contribution in [2.75, 3.05) is 32.7 Å². The summed E-state index contributed by atoms with van der Waals surface area (Å²) in [7, 11) is 0. The fourth-order valence-electron chi connectivity index (χ4n) is 4.53. The normalized spacial score (nSPS) is 18.8. The number of aromatic amines is 1. The summed E-state index contributed by atoms with van der Waals surface area (Å²) in [6.07, 6.45) is 6.84. The lowest BCUT2D eigenvalue weighted by Gasteiger charge is -2.35. The Balaban J connectivity index is 1.30. The van der Waals surface area contributed by atoms with E-state index in [1.807, 2.05) is 12.4 Å². The number of nitrogens with one attached hydrogen (secondary N) is 1. The molecule has 0 radical (unpaired) electrons. The van der Waals surface area contributed by atoms with Crippen LogP contribution in [0.15, 0.2) is 36.7 Å². The lowest BCUT2D eigenvalue weighted by molar-refractivity contribution is 0.123. The van der Waals surface area contributed by atoms with Crippen LogP contribution in [0.4, 0.5) is 0 Å². The summed E-state index contributed by atoms with van der Waals surface area (Å²) in [4.78, 5) is 13.0. The highest BCUT2D eigenvalue weighted by Crippen LogP contribution is 2.30. The minimum atomic E-state index is 0.953. The number of benzene rings is 1. The van der Waals surface area contributed by atoms with Crippen molar-refractivity contribution < 1.29 is 0 Å². The molecular formula is C24H30N4. The molecule has 0 bridgehead atoms. The van der Waals surface area contributed by atoms with E-state index in [2.05, 4.69) is 57.9 Å². The van der Waals surface area contributed by atoms with Crippen molar-refractivity contribution in [3.8, 4) is 11.1 Å². The van der Waals surface area contributed by atoms with E-state index < -0.39 is 0 Å². The first-order chi connectivity index (χ1) is 13.7. The van der Waals surface area contributed by atoms with Crippen LogP contribution in [-0.4, -0.2) is 52.5 Å². The second kappa shape index (κ2) is 7.34. The summed E-state index contributed by atoms with van der Waals surface area (Å²) in [5.74, 6) is 1.00. The molecule has 146 valence electrons. The van der Waals surface area contributed by atoms with Crippen LogP contribution in [0, 0.1) is 19.8 Å². The highest BCUT2D eigenvalue weighted by Gasteiger charge is 2.26. The largest absolute Gasteiger partial charge is 0.346 e. The van der Waals surface area contributed by atoms with Crippen molar-refractivity contribution in [2.45, 2.75) is 33.2 Å². The molecule has 3 heterocycles. The van der Waals surface area contributed by atoms with E-state index in [0.29, 0.717) is 0 Å². The smallest absolute Gasteiger partial charge is 0.137 e. The molecule has 1 saturated carbocycles. The van der Waals surface area contributed by atoms with Gasteiger partial charge in [-0.15, -0.1) is 0 Å². The molecule has 0 spiro atoms. The first-order valence-electron chi connectivity index (χ1n) is 10.6. The molecule has 3 aromatic rings. The van der Waals surface area contributed by atoms with Gasteiger partial charge in [-0.1, -0.05) is 12.1 Å². The van der Waals surface area contributed by atoms with Gasteiger partial charge in [0.1, 0.15) is 5.65 Å². The van der Waals surface area contributed by atoms with Gasteiger partial charge in [0, 0.05) is 62.6 Å². The number of fused-ring (bicyclic) bond motifs is 1. The lowest BCUT2D eigenvalue weighted by atomic mass is 9.95. The number of rotatable bonds is 5. The molecule has 1 aromatic carbocycles. The first-order valence-corrected chi connectivity index (χ1v) is 10.6. The third-order valence-corrected chi connectivity index (χ3v) is 6.49. The molecule has 4 nitrogen and oxygen atoms in total. The number of hydrogen-bond donors (Lipinski definition) is 1. The molecule has 0 amide bonds. The maximum Gasteiger partial charge on any atom is 0.137 e. The van der Waals surface area contributed by atoms with Gasteiger partial charge in [0.05, 0.1) is 0 Å². The summed E-state index contributed by atoms with van der Waals surface area (Å²) in [5, 5.41) is 1.17. The summed E-state index contributed by atoms with van der Waals surface area (Å²) in [5.41, 5.74) is 7.70. The Morgan fingerprint density at radius 1 is 0.964 bits per heavy atom. The van der Waals surface area contributed by atoms with Gasteiger partial charge in [0.25, 0.3) is 0 Å². The third-order valence-electron chi connectivity index (χ3n) is 6.49. The van der Waals surface area contributed by atoms with Gasteiger partial charge in [0.15, 0.2) is 0 Å². The number of aromatic nitrogens is 2. The molecule has 1 aliphatic heterocycles. The Bertz CT molecular complexity index is 954. The first kappa shape index (κ1) is 17.9. The Labute approximate surface area is 167 Å². The van der Waals surface area contributed by atoms with Crippen LogP contribution in [0.2, 0.25) is 0 Å². The molecular weight excluding hydrogens is 344 g/mol. The van der Waals surface area contributed by atoms with Crippen LogP contribution in [-0.2, 0) is 6.54 Å². The molecule has 2 fully saturated rings. The zero-order valence-electron chi connectivity index (χ0n) is 17.0. The number of aryl methyl sites for hydroxylation is 2. The Kier molecular flexibility index (Phi) is 4.69. The zero-order valence-corrected chi connectivity index (χ0v) is 17.0. The Morgan fingerprint density at radius 3 is 2.39 bits per heavy atom. The predicted octanol–water partition coefficient (Wildman–Crippen LogP) is 4.37. The zero-order chi connectivity index (χ0) is 19.1. The van der Waals surface area contributed by atoms with Crippen molar-refractivity contribution in [2.24, 2.45) is 5.92 Å². The van der Waals surface area contributed by atoms with Gasteiger partial charge in [-0.2, -0.15) is 0 Å². The van der Waals surface area contributed by atoms with Crippen LogP contribution in [0.25, 0.3) is 22.2 Å². The van der Waals surface area contributed by atoms with Gasteiger partial charge in [-0.05, 0) is 67.0 Å². The van der Waals surface area contributed by atoms with Gasteiger partial charge in [-0.25, -0.2) is 4.98 Å². The minimum Gasteiger partial charge on any atom is -0.346 e. The minimum absolute atomic E-state index is 0.953. The van der Waals surface area contributed by atoms with Crippen LogP contribution < -0.4 is 0 Å². The number of H-pyrrole nitrogens is 1. The molecule has 4 heteroatoms. The second-order valence-corrected chi connectivity index (χ2v) is 8.75. The average molecular weight is 375 g/mol. The standard InChI is InChI=1S/C24H30N4/c1-17-11-21(22-13-20-5-6-25-24(20)26-14-22)12-18(2)23(17)16-28-9-7-27(8-10-28)15-19-3-4-19/h5-6,11-14,19H,3-4,7-10,15-16H2,1-2H3,(H,25,26). The number of hydrogen-bond acceptors (Lipinski definition) is 3. The summed E-state index contributed by atoms with van der Waals surface area (Å²) in [6.45, 7) is 11.8. The second-order valence-electron chi connectivity index (χ2n) is 8.75. The molecule has 1 aliphatic carbocycles. The molecule has 2 aliphatic rings. The van der Waals surface area contributed by atoms with Crippen molar-refractivity contribution in [1.82, 2.24) is 19.8 Å². The molecule has 1 N–H and O–H groups in total. The molecule has 5 rings (SSSR count). The van der Waals surface area contributed by atoms with Gasteiger partial charge in [-0.3, -0.25) is 4.90 Å². The van der Waals surface area contributed by atoms with Crippen LogP contribution in [0.5, 0.6) is 0 Å². The number of pyridine rings is 1. The van der Waals surface area contributed by atoms with Crippen molar-refractivity contribution >= 4 is 11.0 Å². The Hall–Kier alpha value is -2.17. The number of piperazine rings is 1. The van der Waals surface area contributed by atoms with Crippen LogP contribution in [0.3, 0.4) is 0 Å². The highest BCUT2D eigenvalue weighted by molar-refractivity contribution is 5.81. The lowest BCUT2D eigenvalue weighted by Crippen LogP contribution is -2.46. The summed E-state index contributed by atoms with van der Waals surface area (Å²) >= 11 is 0. The van der Waals surface area contributed by atoms with E-state index in [1.165, 1.54) is 78.8 Å². The van der Waals surface area contributed by atoms with Crippen molar-refractivity contribution in [3.05, 3.63) is 53.3 Å². The van der Waals surface area contributed by atoms with E-state index in [-0.39, 0.29) is 0 Å². The fraction of sp³-hybridized carbons (Fsp3) is 0.458. The van der Waals surface area contributed by atoms with E-state index in [4.69, 9.17) is 0 Å². The van der Waals surface area contributed by atoms with Gasteiger partial charge in [0.2, 0.25) is 0 Å². The number of nitrogens with zero attached hydrogens (tertiary/aromatic N) is 3. The highest BCUT2D eigenvalue weighted by atomic mass is 15.3. The Morgan fingerprint density at radius 2 is 1.68 bits per heavy atom. The summed E-state index contributed by atoms with van der Waals surface area (Å²) in [6, 6.07) is 8.98. The summed E-state index contributed by atoms with van der Waals surface area (Å²) < 4.78 is 0. The molecule has 1 saturated heterocycles. The maximum absolute atomic E-state index is 4.56. The molecule has 2 aromatic heterocycles. The van der Waals surface area contributed by atoms with Crippen molar-refractivity contribution in [1.29, 1.82) is 0 Å². The molecule has 28 heavy (non-hydrogen) atoms. The average Bonchev–Trinajstić information content (AvgIpc) is 3.38. The topological polar surface area (TPSA) is 35.2 Å². The van der Waals surface area contributed by atoms with Crippen molar-refractivity contribution in [3.63, 3.8) is 0 Å². The fourth-order valence-corrected chi connectivity index (χ4v) is 4.53. The van der Waals surface area contributed by atoms with Gasteiger partial charge < -0.3 is 9.88 Å². The van der Waals surface area contributed by atoms with E-state index in [9.17, 15) is 0 Å². The SMILES string of the molecule is Cc1cc(-c2cnc3[nH]ccc3c2)cc(C)c1CN1CCN(CC2CC2)CC1. The van der Waals surface area contributed by atoms with E-state index in [0.717, 1.165) is 18.1 Å². The maximum atomic E-state index is 4.56. The predicted molar refractivity (Wildman–Crippen MR) is 115 cm³/mol. The quantitative estimate of drug-likeness (QED) is 0.720. The van der Waals surface area contributed by atoms with E-state index in [1.54, 1.807) is 0 Å². The molecule has 0 unspecified atom stereocenters. The third kappa shape index (κ3) is 3.71. The van der Waals surface area contributed by atoms with Gasteiger partial charge >= 0.3 is 0 Å². The molecule has 0 atom stereocenters. The van der Waals surface area contributed by atoms with Crippen LogP contribution >= 0.6 is 0 Å². The van der Waals surface area contributed by atoms with E-state index >= 15 is 0 Å². The van der Waals surface area contributed by atoms with Crippen LogP contribution in [0.1, 0.15) is 29.5 Å².